The molecule has 0 saturated heterocycles. The van der Waals surface area contributed by atoms with E-state index < -0.39 is 5.97 Å². The molecule has 0 aliphatic carbocycles. The zero-order chi connectivity index (χ0) is 21.2. The number of hydrogen-bond donors (Lipinski definition) is 1. The van der Waals surface area contributed by atoms with E-state index in [0.29, 0.717) is 30.2 Å². The lowest BCUT2D eigenvalue weighted by molar-refractivity contribution is -0.145. The summed E-state index contributed by atoms with van der Waals surface area (Å²) >= 11 is 1.39. The average Bonchev–Trinajstić information content (AvgIpc) is 3.04. The molecule has 0 aliphatic heterocycles. The fourth-order valence-electron chi connectivity index (χ4n) is 2.57. The van der Waals surface area contributed by atoms with Gasteiger partial charge in [-0.3, -0.25) is 9.59 Å². The number of benzene rings is 1. The van der Waals surface area contributed by atoms with E-state index in [4.69, 9.17) is 18.7 Å². The van der Waals surface area contributed by atoms with Crippen molar-refractivity contribution in [3.05, 3.63) is 40.8 Å². The number of rotatable bonds is 11. The Morgan fingerprint density at radius 3 is 2.59 bits per heavy atom. The number of thioether (sulfide) groups is 1. The second kappa shape index (κ2) is 11.4. The van der Waals surface area contributed by atoms with Gasteiger partial charge < -0.3 is 24.1 Å². The van der Waals surface area contributed by atoms with Crippen molar-refractivity contribution in [3.8, 4) is 11.5 Å². The molecule has 1 amide bonds. The van der Waals surface area contributed by atoms with Gasteiger partial charge in [0.1, 0.15) is 5.76 Å². The Labute approximate surface area is 174 Å². The molecule has 0 aliphatic rings. The highest BCUT2D eigenvalue weighted by molar-refractivity contribution is 7.99. The normalized spacial score (nSPS) is 10.5. The molecule has 0 unspecified atom stereocenters. The fourth-order valence-corrected chi connectivity index (χ4v) is 3.53. The summed E-state index contributed by atoms with van der Waals surface area (Å²) in [5.41, 5.74) is 2.79. The lowest BCUT2D eigenvalue weighted by atomic mass is 10.1. The van der Waals surface area contributed by atoms with Gasteiger partial charge in [-0.2, -0.15) is 0 Å². The first-order chi connectivity index (χ1) is 13.9. The number of aromatic nitrogens is 1. The first-order valence-electron chi connectivity index (χ1n) is 9.07. The molecular formula is C20H26N2O6S. The van der Waals surface area contributed by atoms with E-state index in [1.54, 1.807) is 14.2 Å². The van der Waals surface area contributed by atoms with Gasteiger partial charge in [0.05, 0.1) is 25.7 Å². The molecule has 0 fully saturated rings. The predicted molar refractivity (Wildman–Crippen MR) is 109 cm³/mol. The molecule has 2 aromatic rings. The molecule has 8 nitrogen and oxygen atoms in total. The fraction of sp³-hybridized carbons (Fsp3) is 0.450. The van der Waals surface area contributed by atoms with E-state index in [1.807, 2.05) is 32.0 Å². The number of carbonyl (C=O) groups excluding carboxylic acids is 2. The smallest absolute Gasteiger partial charge is 0.316 e. The monoisotopic (exact) mass is 422 g/mol. The average molecular weight is 423 g/mol. The number of methoxy groups -OCH3 is 2. The number of carbonyl (C=O) groups is 2. The number of nitrogens with one attached hydrogen (secondary N) is 1. The maximum atomic E-state index is 11.9. The number of aryl methyl sites for hydroxylation is 2. The van der Waals surface area contributed by atoms with Crippen LogP contribution in [0.4, 0.5) is 0 Å². The summed E-state index contributed by atoms with van der Waals surface area (Å²) in [6.07, 6.45) is 0.618. The quantitative estimate of drug-likeness (QED) is 0.551. The van der Waals surface area contributed by atoms with Gasteiger partial charge in [-0.05, 0) is 38.0 Å². The Balaban J connectivity index is 1.63. The Morgan fingerprint density at radius 2 is 1.93 bits per heavy atom. The van der Waals surface area contributed by atoms with Gasteiger partial charge in [-0.1, -0.05) is 11.2 Å². The van der Waals surface area contributed by atoms with Crippen molar-refractivity contribution in [2.75, 3.05) is 33.1 Å². The molecule has 2 rings (SSSR count). The van der Waals surface area contributed by atoms with Crippen molar-refractivity contribution in [3.63, 3.8) is 0 Å². The van der Waals surface area contributed by atoms with E-state index in [9.17, 15) is 9.59 Å². The molecule has 0 radical (unpaired) electrons. The van der Waals surface area contributed by atoms with Crippen molar-refractivity contribution in [2.24, 2.45) is 0 Å². The van der Waals surface area contributed by atoms with E-state index in [0.717, 1.165) is 22.6 Å². The Morgan fingerprint density at radius 1 is 1.17 bits per heavy atom. The minimum atomic E-state index is -0.434. The number of hydrogen-bond acceptors (Lipinski definition) is 8. The summed E-state index contributed by atoms with van der Waals surface area (Å²) in [7, 11) is 3.15. The van der Waals surface area contributed by atoms with E-state index in [1.165, 1.54) is 11.8 Å². The second-order valence-corrected chi connectivity index (χ2v) is 7.23. The minimum absolute atomic E-state index is 0.156. The standard InChI is InChI=1S/C20H26N2O6S/c1-13-16(14(2)28-22-13)11-29-12-20(24)27-10-19(23)21-8-7-15-5-6-17(25-3)18(9-15)26-4/h5-6,9H,7-8,10-12H2,1-4H3,(H,21,23). The summed E-state index contributed by atoms with van der Waals surface area (Å²) in [5, 5.41) is 6.60. The Bertz CT molecular complexity index is 817. The van der Waals surface area contributed by atoms with Crippen molar-refractivity contribution in [1.29, 1.82) is 0 Å². The zero-order valence-corrected chi connectivity index (χ0v) is 17.9. The van der Waals surface area contributed by atoms with Crippen LogP contribution in [0, 0.1) is 13.8 Å². The highest BCUT2D eigenvalue weighted by Crippen LogP contribution is 2.27. The van der Waals surface area contributed by atoms with Gasteiger partial charge in [0.25, 0.3) is 5.91 Å². The minimum Gasteiger partial charge on any atom is -0.493 e. The molecule has 1 aromatic carbocycles. The zero-order valence-electron chi connectivity index (χ0n) is 17.1. The van der Waals surface area contributed by atoms with Crippen LogP contribution in [-0.4, -0.2) is 50.2 Å². The van der Waals surface area contributed by atoms with Gasteiger partial charge >= 0.3 is 5.97 Å². The summed E-state index contributed by atoms with van der Waals surface area (Å²) in [4.78, 5) is 23.6. The Hall–Kier alpha value is -2.68. The first kappa shape index (κ1) is 22.6. The van der Waals surface area contributed by atoms with Crippen molar-refractivity contribution in [1.82, 2.24) is 10.5 Å². The van der Waals surface area contributed by atoms with Crippen LogP contribution in [0.5, 0.6) is 11.5 Å². The number of amides is 1. The van der Waals surface area contributed by atoms with E-state index in [2.05, 4.69) is 10.5 Å². The topological polar surface area (TPSA) is 99.9 Å². The maximum absolute atomic E-state index is 11.9. The lowest BCUT2D eigenvalue weighted by Gasteiger charge is -2.10. The van der Waals surface area contributed by atoms with Crippen LogP contribution in [0.1, 0.15) is 22.6 Å². The molecule has 0 bridgehead atoms. The largest absolute Gasteiger partial charge is 0.493 e. The molecule has 158 valence electrons. The Kier molecular flexibility index (Phi) is 8.85. The van der Waals surface area contributed by atoms with E-state index in [-0.39, 0.29) is 18.3 Å². The molecule has 1 heterocycles. The third-order valence-corrected chi connectivity index (χ3v) is 5.13. The van der Waals surface area contributed by atoms with Crippen LogP contribution < -0.4 is 14.8 Å². The van der Waals surface area contributed by atoms with E-state index >= 15 is 0 Å². The van der Waals surface area contributed by atoms with Gasteiger partial charge in [0, 0.05) is 17.9 Å². The third-order valence-electron chi connectivity index (χ3n) is 4.20. The summed E-state index contributed by atoms with van der Waals surface area (Å²) in [5.74, 6) is 2.03. The van der Waals surface area contributed by atoms with Gasteiger partial charge in [-0.25, -0.2) is 0 Å². The van der Waals surface area contributed by atoms with Crippen LogP contribution in [-0.2, 0) is 26.5 Å². The number of ether oxygens (including phenoxy) is 3. The SMILES string of the molecule is COc1ccc(CCNC(=O)COC(=O)CSCc2c(C)noc2C)cc1OC. The number of nitrogens with zero attached hydrogens (tertiary/aromatic N) is 1. The summed E-state index contributed by atoms with van der Waals surface area (Å²) < 4.78 is 20.5. The number of esters is 1. The van der Waals surface area contributed by atoms with Crippen molar-refractivity contribution >= 4 is 23.6 Å². The summed E-state index contributed by atoms with van der Waals surface area (Å²) in [6.45, 7) is 3.82. The maximum Gasteiger partial charge on any atom is 0.316 e. The van der Waals surface area contributed by atoms with Gasteiger partial charge in [0.2, 0.25) is 0 Å². The van der Waals surface area contributed by atoms with Crippen LogP contribution in [0.15, 0.2) is 22.7 Å². The van der Waals surface area contributed by atoms with Gasteiger partial charge in [0.15, 0.2) is 18.1 Å². The van der Waals surface area contributed by atoms with Crippen molar-refractivity contribution < 1.29 is 28.3 Å². The van der Waals surface area contributed by atoms with Crippen LogP contribution in [0.2, 0.25) is 0 Å². The van der Waals surface area contributed by atoms with Gasteiger partial charge in [-0.15, -0.1) is 11.8 Å². The highest BCUT2D eigenvalue weighted by atomic mass is 32.2. The molecule has 9 heteroatoms. The predicted octanol–water partition coefficient (Wildman–Crippen LogP) is 2.44. The molecule has 29 heavy (non-hydrogen) atoms. The lowest BCUT2D eigenvalue weighted by Crippen LogP contribution is -2.30. The molecular weight excluding hydrogens is 396 g/mol. The molecule has 0 saturated carbocycles. The van der Waals surface area contributed by atoms with Crippen LogP contribution >= 0.6 is 11.8 Å². The summed E-state index contributed by atoms with van der Waals surface area (Å²) in [6, 6.07) is 5.59. The van der Waals surface area contributed by atoms with Crippen molar-refractivity contribution in [2.45, 2.75) is 26.0 Å². The first-order valence-corrected chi connectivity index (χ1v) is 10.2. The molecule has 1 aromatic heterocycles. The van der Waals surface area contributed by atoms with Crippen LogP contribution in [0.3, 0.4) is 0 Å². The molecule has 1 N–H and O–H groups in total. The molecule has 0 spiro atoms. The third kappa shape index (κ3) is 7.01. The molecule has 0 atom stereocenters. The van der Waals surface area contributed by atoms with Crippen LogP contribution in [0.25, 0.3) is 0 Å². The second-order valence-electron chi connectivity index (χ2n) is 6.25. The highest BCUT2D eigenvalue weighted by Gasteiger charge is 2.12.